The van der Waals surface area contributed by atoms with E-state index >= 15 is 0 Å². The first kappa shape index (κ1) is 23.4. The van der Waals surface area contributed by atoms with Gasteiger partial charge in [-0.3, -0.25) is 14.5 Å². The van der Waals surface area contributed by atoms with Crippen LogP contribution in [-0.2, 0) is 6.54 Å². The third kappa shape index (κ3) is 4.60. The topological polar surface area (TPSA) is 135 Å². The number of hydrogen-bond acceptors (Lipinski definition) is 8. The highest BCUT2D eigenvalue weighted by Crippen LogP contribution is 2.34. The van der Waals surface area contributed by atoms with Crippen LogP contribution >= 0.6 is 0 Å². The Morgan fingerprint density at radius 3 is 2.69 bits per heavy atom. The van der Waals surface area contributed by atoms with Gasteiger partial charge in [0.2, 0.25) is 5.88 Å². The third-order valence-electron chi connectivity index (χ3n) is 5.42. The number of aromatic amines is 2. The molecule has 0 bridgehead atoms. The molecule has 5 rings (SSSR count). The molecular formula is C20H15F5N8O3. The molecule has 0 spiro atoms. The highest BCUT2D eigenvalue weighted by atomic mass is 19.4. The van der Waals surface area contributed by atoms with Crippen LogP contribution in [0, 0.1) is 0 Å². The SMILES string of the molecule is O=c1[nH]cc(-c2cc(N3C[C@H](Oc4cc5c(cn4)cnn5CC(F)(F)F)C(F)(F)C3)ncn2)c(=O)[nH]1. The van der Waals surface area contributed by atoms with Crippen LogP contribution in [0.1, 0.15) is 0 Å². The van der Waals surface area contributed by atoms with Gasteiger partial charge in [-0.15, -0.1) is 0 Å². The molecule has 1 atom stereocenters. The smallest absolute Gasteiger partial charge is 0.408 e. The molecule has 188 valence electrons. The summed E-state index contributed by atoms with van der Waals surface area (Å²) >= 11 is 0. The first-order valence-electron chi connectivity index (χ1n) is 10.3. The molecule has 0 amide bonds. The Bertz CT molecular complexity index is 1550. The van der Waals surface area contributed by atoms with Crippen LogP contribution in [-0.4, -0.2) is 66.0 Å². The average molecular weight is 510 g/mol. The number of rotatable bonds is 5. The van der Waals surface area contributed by atoms with Gasteiger partial charge in [-0.05, 0) is 0 Å². The lowest BCUT2D eigenvalue weighted by Crippen LogP contribution is -2.36. The molecule has 11 nitrogen and oxygen atoms in total. The lowest BCUT2D eigenvalue weighted by atomic mass is 10.2. The van der Waals surface area contributed by atoms with Crippen LogP contribution in [0.3, 0.4) is 0 Å². The zero-order valence-electron chi connectivity index (χ0n) is 18.0. The number of anilines is 1. The van der Waals surface area contributed by atoms with E-state index in [1.165, 1.54) is 23.4 Å². The minimum absolute atomic E-state index is 0.00461. The molecule has 16 heteroatoms. The predicted octanol–water partition coefficient (Wildman–Crippen LogP) is 1.73. The summed E-state index contributed by atoms with van der Waals surface area (Å²) in [5, 5.41) is 3.95. The predicted molar refractivity (Wildman–Crippen MR) is 114 cm³/mol. The van der Waals surface area contributed by atoms with Crippen LogP contribution in [0.5, 0.6) is 5.88 Å². The minimum Gasteiger partial charge on any atom is -0.466 e. The molecule has 2 N–H and O–H groups in total. The Labute approximate surface area is 196 Å². The number of pyridine rings is 1. The van der Waals surface area contributed by atoms with Crippen LogP contribution in [0.4, 0.5) is 27.8 Å². The van der Waals surface area contributed by atoms with Gasteiger partial charge in [0.25, 0.3) is 5.56 Å². The van der Waals surface area contributed by atoms with Gasteiger partial charge < -0.3 is 14.6 Å². The monoisotopic (exact) mass is 510 g/mol. The van der Waals surface area contributed by atoms with Crippen molar-refractivity contribution in [3.05, 3.63) is 57.9 Å². The Kier molecular flexibility index (Phi) is 5.44. The maximum Gasteiger partial charge on any atom is 0.408 e. The van der Waals surface area contributed by atoms with E-state index in [0.717, 1.165) is 18.6 Å². The van der Waals surface area contributed by atoms with Crippen LogP contribution in [0.25, 0.3) is 22.2 Å². The summed E-state index contributed by atoms with van der Waals surface area (Å²) in [4.78, 5) is 40.7. The van der Waals surface area contributed by atoms with E-state index in [9.17, 15) is 31.5 Å². The molecule has 0 radical (unpaired) electrons. The van der Waals surface area contributed by atoms with Gasteiger partial charge in [0.1, 0.15) is 18.7 Å². The fraction of sp³-hybridized carbons (Fsp3) is 0.300. The quantitative estimate of drug-likeness (QED) is 0.388. The van der Waals surface area contributed by atoms with E-state index in [4.69, 9.17) is 4.74 Å². The van der Waals surface area contributed by atoms with Crippen molar-refractivity contribution in [3.8, 4) is 17.1 Å². The number of halogens is 5. The van der Waals surface area contributed by atoms with Gasteiger partial charge in [-0.25, -0.2) is 28.5 Å². The highest BCUT2D eigenvalue weighted by Gasteiger charge is 2.50. The number of nitrogens with zero attached hydrogens (tertiary/aromatic N) is 6. The molecule has 4 aromatic heterocycles. The summed E-state index contributed by atoms with van der Waals surface area (Å²) < 4.78 is 74.1. The van der Waals surface area contributed by atoms with Gasteiger partial charge in [-0.1, -0.05) is 0 Å². The molecule has 1 fully saturated rings. The highest BCUT2D eigenvalue weighted by molar-refractivity contribution is 5.78. The second kappa shape index (κ2) is 8.39. The van der Waals surface area contributed by atoms with Gasteiger partial charge in [0.15, 0.2) is 6.10 Å². The summed E-state index contributed by atoms with van der Waals surface area (Å²) in [6.45, 7) is -2.49. The Balaban J connectivity index is 1.38. The van der Waals surface area contributed by atoms with Gasteiger partial charge in [-0.2, -0.15) is 18.3 Å². The second-order valence-electron chi connectivity index (χ2n) is 7.99. The van der Waals surface area contributed by atoms with Crippen LogP contribution in [0.15, 0.2) is 46.6 Å². The lowest BCUT2D eigenvalue weighted by Gasteiger charge is -2.18. The van der Waals surface area contributed by atoms with Gasteiger partial charge in [0.05, 0.1) is 36.1 Å². The Hall–Kier alpha value is -4.37. The molecule has 1 saturated heterocycles. The summed E-state index contributed by atoms with van der Waals surface area (Å²) in [6.07, 6.45) is -1.63. The number of hydrogen-bond donors (Lipinski definition) is 2. The second-order valence-corrected chi connectivity index (χ2v) is 7.99. The maximum absolute atomic E-state index is 14.8. The normalized spacial score (nSPS) is 17.6. The Morgan fingerprint density at radius 2 is 1.94 bits per heavy atom. The summed E-state index contributed by atoms with van der Waals surface area (Å²) in [5.41, 5.74) is -1.31. The van der Waals surface area contributed by atoms with Crippen molar-refractivity contribution in [1.82, 2.24) is 34.7 Å². The van der Waals surface area contributed by atoms with Crippen LogP contribution in [0.2, 0.25) is 0 Å². The van der Waals surface area contributed by atoms with Crippen molar-refractivity contribution in [1.29, 1.82) is 0 Å². The molecule has 0 aliphatic carbocycles. The zero-order valence-corrected chi connectivity index (χ0v) is 18.0. The van der Waals surface area contributed by atoms with E-state index < -0.39 is 42.5 Å². The molecular weight excluding hydrogens is 495 g/mol. The number of fused-ring (bicyclic) bond motifs is 1. The van der Waals surface area contributed by atoms with Gasteiger partial charge >= 0.3 is 17.8 Å². The van der Waals surface area contributed by atoms with E-state index in [-0.39, 0.29) is 40.4 Å². The largest absolute Gasteiger partial charge is 0.466 e. The van der Waals surface area contributed by atoms with Crippen molar-refractivity contribution in [2.75, 3.05) is 18.0 Å². The molecule has 0 aromatic carbocycles. The molecule has 1 aliphatic heterocycles. The summed E-state index contributed by atoms with van der Waals surface area (Å²) in [7, 11) is 0. The first-order chi connectivity index (χ1) is 17.0. The van der Waals surface area contributed by atoms with Gasteiger partial charge in [0, 0.05) is 29.9 Å². The number of aromatic nitrogens is 7. The zero-order chi connectivity index (χ0) is 25.7. The molecule has 0 unspecified atom stereocenters. The number of alkyl halides is 5. The van der Waals surface area contributed by atoms with E-state index in [1.807, 2.05) is 4.98 Å². The van der Waals surface area contributed by atoms with E-state index in [1.54, 1.807) is 0 Å². The lowest BCUT2D eigenvalue weighted by molar-refractivity contribution is -0.141. The van der Waals surface area contributed by atoms with Crippen molar-refractivity contribution in [2.45, 2.75) is 24.7 Å². The van der Waals surface area contributed by atoms with E-state index in [2.05, 4.69) is 25.0 Å². The van der Waals surface area contributed by atoms with Crippen molar-refractivity contribution >= 4 is 16.7 Å². The minimum atomic E-state index is -4.53. The summed E-state index contributed by atoms with van der Waals surface area (Å²) in [6, 6.07) is 2.43. The standard InChI is InChI=1S/C20H15F5N8O3/c21-19(22)7-32(15-1-12(28-9-29-15)11-5-27-18(35)31-17(11)34)6-14(19)36-16-2-13-10(3-26-16)4-30-33(13)8-20(23,24)25/h1-5,9,14H,6-8H2,(H2,27,31,34,35)/t14-/m0/s1. The van der Waals surface area contributed by atoms with E-state index in [0.29, 0.717) is 4.68 Å². The molecule has 1 aliphatic rings. The van der Waals surface area contributed by atoms with Crippen molar-refractivity contribution < 1.29 is 26.7 Å². The van der Waals surface area contributed by atoms with Crippen molar-refractivity contribution in [3.63, 3.8) is 0 Å². The molecule has 36 heavy (non-hydrogen) atoms. The summed E-state index contributed by atoms with van der Waals surface area (Å²) in [5.74, 6) is -3.59. The third-order valence-corrected chi connectivity index (χ3v) is 5.42. The fourth-order valence-corrected chi connectivity index (χ4v) is 3.78. The number of nitrogens with one attached hydrogen (secondary N) is 2. The molecule has 5 heterocycles. The average Bonchev–Trinajstić information content (AvgIpc) is 3.32. The van der Waals surface area contributed by atoms with Crippen molar-refractivity contribution in [2.24, 2.45) is 0 Å². The number of H-pyrrole nitrogens is 2. The first-order valence-corrected chi connectivity index (χ1v) is 10.3. The maximum atomic E-state index is 14.8. The molecule has 4 aromatic rings. The Morgan fingerprint density at radius 1 is 1.14 bits per heavy atom. The number of ether oxygens (including phenoxy) is 1. The fourth-order valence-electron chi connectivity index (χ4n) is 3.78. The van der Waals surface area contributed by atoms with Crippen LogP contribution < -0.4 is 20.9 Å². The molecule has 0 saturated carbocycles.